The Morgan fingerprint density at radius 2 is 2.16 bits per heavy atom. The van der Waals surface area contributed by atoms with Crippen LogP contribution in [0.2, 0.25) is 0 Å². The standard InChI is InChI=1S/C15H8FIN4O4/c16-12-3-8(6-18)1-2-11(12)15(23)20-19-7-9-4-10(21(24)25)5-13(17)14(9)22/h1-5,7,22H,(H,20,23)/b19-7-. The summed E-state index contributed by atoms with van der Waals surface area (Å²) >= 11 is 1.71. The van der Waals surface area contributed by atoms with E-state index in [1.807, 2.05) is 5.43 Å². The second-order valence-electron chi connectivity index (χ2n) is 4.63. The predicted octanol–water partition coefficient (Wildman–Crippen LogP) is 2.68. The number of amides is 1. The van der Waals surface area contributed by atoms with Crippen molar-refractivity contribution in [2.45, 2.75) is 0 Å². The molecule has 10 heteroatoms. The molecule has 0 saturated heterocycles. The number of hydrogen-bond donors (Lipinski definition) is 2. The quantitative estimate of drug-likeness (QED) is 0.318. The van der Waals surface area contributed by atoms with Crippen molar-refractivity contribution in [1.82, 2.24) is 5.43 Å². The monoisotopic (exact) mass is 454 g/mol. The van der Waals surface area contributed by atoms with Crippen molar-refractivity contribution in [3.8, 4) is 11.8 Å². The van der Waals surface area contributed by atoms with Gasteiger partial charge in [0, 0.05) is 17.7 Å². The van der Waals surface area contributed by atoms with Gasteiger partial charge in [-0.3, -0.25) is 14.9 Å². The number of carbonyl (C=O) groups is 1. The Bertz CT molecular complexity index is 940. The molecule has 25 heavy (non-hydrogen) atoms. The first-order valence-corrected chi connectivity index (χ1v) is 7.61. The Hall–Kier alpha value is -3.07. The first kappa shape index (κ1) is 18.3. The van der Waals surface area contributed by atoms with Crippen LogP contribution in [0.3, 0.4) is 0 Å². The third-order valence-electron chi connectivity index (χ3n) is 3.00. The number of nitrogens with zero attached hydrogens (tertiary/aromatic N) is 3. The number of hydrazone groups is 1. The largest absolute Gasteiger partial charge is 0.506 e. The maximum atomic E-state index is 13.7. The van der Waals surface area contributed by atoms with E-state index in [9.17, 15) is 24.4 Å². The number of halogens is 2. The number of rotatable bonds is 4. The van der Waals surface area contributed by atoms with Gasteiger partial charge in [-0.05, 0) is 40.8 Å². The number of non-ortho nitro benzene ring substituents is 1. The van der Waals surface area contributed by atoms with E-state index in [1.165, 1.54) is 12.1 Å². The zero-order chi connectivity index (χ0) is 18.6. The van der Waals surface area contributed by atoms with Gasteiger partial charge in [0.05, 0.1) is 31.9 Å². The molecule has 0 spiro atoms. The highest BCUT2D eigenvalue weighted by atomic mass is 127. The number of nitrogens with one attached hydrogen (secondary N) is 1. The summed E-state index contributed by atoms with van der Waals surface area (Å²) in [6, 6.07) is 7.31. The Labute approximate surface area is 153 Å². The van der Waals surface area contributed by atoms with E-state index in [-0.39, 0.29) is 31.7 Å². The van der Waals surface area contributed by atoms with Gasteiger partial charge >= 0.3 is 0 Å². The summed E-state index contributed by atoms with van der Waals surface area (Å²) in [7, 11) is 0. The number of nitriles is 1. The number of phenolic OH excluding ortho intramolecular Hbond substituents is 1. The number of aromatic hydroxyl groups is 1. The third-order valence-corrected chi connectivity index (χ3v) is 3.82. The van der Waals surface area contributed by atoms with Gasteiger partial charge in [-0.1, -0.05) is 0 Å². The normalized spacial score (nSPS) is 10.4. The molecule has 0 saturated carbocycles. The molecule has 0 radical (unpaired) electrons. The molecule has 0 aliphatic rings. The van der Waals surface area contributed by atoms with Crippen LogP contribution in [0.5, 0.6) is 5.75 Å². The zero-order valence-corrected chi connectivity index (χ0v) is 14.4. The lowest BCUT2D eigenvalue weighted by atomic mass is 10.1. The minimum Gasteiger partial charge on any atom is -0.506 e. The molecule has 8 nitrogen and oxygen atoms in total. The molecule has 1 amide bonds. The predicted molar refractivity (Wildman–Crippen MR) is 93.7 cm³/mol. The van der Waals surface area contributed by atoms with Crippen LogP contribution in [0, 0.1) is 30.8 Å². The fraction of sp³-hybridized carbons (Fsp3) is 0. The summed E-state index contributed by atoms with van der Waals surface area (Å²) in [5.74, 6) is -2.01. The first-order chi connectivity index (χ1) is 11.8. The molecule has 0 atom stereocenters. The van der Waals surface area contributed by atoms with E-state index >= 15 is 0 Å². The Morgan fingerprint density at radius 1 is 1.44 bits per heavy atom. The van der Waals surface area contributed by atoms with E-state index in [4.69, 9.17) is 5.26 Å². The van der Waals surface area contributed by atoms with E-state index in [1.54, 1.807) is 28.7 Å². The van der Waals surface area contributed by atoms with Crippen molar-refractivity contribution in [1.29, 1.82) is 5.26 Å². The maximum Gasteiger partial charge on any atom is 0.274 e. The van der Waals surface area contributed by atoms with Crippen molar-refractivity contribution < 1.29 is 19.2 Å². The van der Waals surface area contributed by atoms with Crippen molar-refractivity contribution in [2.24, 2.45) is 5.10 Å². The number of nitro groups is 1. The van der Waals surface area contributed by atoms with Gasteiger partial charge in [-0.25, -0.2) is 9.82 Å². The Balaban J connectivity index is 2.20. The van der Waals surface area contributed by atoms with Gasteiger partial charge in [-0.15, -0.1) is 0 Å². The van der Waals surface area contributed by atoms with E-state index in [0.717, 1.165) is 24.4 Å². The number of phenols is 1. The Kier molecular flexibility index (Phi) is 5.60. The lowest BCUT2D eigenvalue weighted by molar-refractivity contribution is -0.385. The van der Waals surface area contributed by atoms with Crippen LogP contribution in [0.1, 0.15) is 21.5 Å². The summed E-state index contributed by atoms with van der Waals surface area (Å²) in [4.78, 5) is 22.0. The van der Waals surface area contributed by atoms with Crippen LogP contribution in [0.25, 0.3) is 0 Å². The molecular formula is C15H8FIN4O4. The smallest absolute Gasteiger partial charge is 0.274 e. The van der Waals surface area contributed by atoms with E-state index < -0.39 is 16.6 Å². The summed E-state index contributed by atoms with van der Waals surface area (Å²) in [5.41, 5.74) is 1.54. The first-order valence-electron chi connectivity index (χ1n) is 6.53. The SMILES string of the molecule is N#Cc1ccc(C(=O)N/N=C\c2cc([N+](=O)[O-])cc(I)c2O)c(F)c1. The van der Waals surface area contributed by atoms with E-state index in [0.29, 0.717) is 0 Å². The molecule has 2 rings (SSSR count). The summed E-state index contributed by atoms with van der Waals surface area (Å²) < 4.78 is 14.0. The summed E-state index contributed by atoms with van der Waals surface area (Å²) in [6.07, 6.45) is 1.00. The molecule has 2 aromatic carbocycles. The van der Waals surface area contributed by atoms with Gasteiger partial charge in [-0.2, -0.15) is 10.4 Å². The molecule has 0 unspecified atom stereocenters. The molecule has 0 bridgehead atoms. The summed E-state index contributed by atoms with van der Waals surface area (Å²) in [5, 5.41) is 32.9. The van der Waals surface area contributed by atoms with Crippen molar-refractivity contribution in [3.63, 3.8) is 0 Å². The zero-order valence-electron chi connectivity index (χ0n) is 12.2. The Morgan fingerprint density at radius 3 is 2.76 bits per heavy atom. The van der Waals surface area contributed by atoms with Crippen LogP contribution < -0.4 is 5.43 Å². The van der Waals surface area contributed by atoms with Crippen molar-refractivity contribution >= 4 is 40.4 Å². The average molecular weight is 454 g/mol. The lowest BCUT2D eigenvalue weighted by Crippen LogP contribution is -2.19. The molecular weight excluding hydrogens is 446 g/mol. The lowest BCUT2D eigenvalue weighted by Gasteiger charge is -2.03. The minimum atomic E-state index is -0.889. The topological polar surface area (TPSA) is 129 Å². The summed E-state index contributed by atoms with van der Waals surface area (Å²) in [6.45, 7) is 0. The molecule has 0 heterocycles. The maximum absolute atomic E-state index is 13.7. The van der Waals surface area contributed by atoms with Crippen LogP contribution in [-0.4, -0.2) is 22.2 Å². The second kappa shape index (κ2) is 7.67. The number of nitro benzene ring substituents is 1. The van der Waals surface area contributed by atoms with E-state index in [2.05, 4.69) is 5.10 Å². The fourth-order valence-corrected chi connectivity index (χ4v) is 2.43. The number of carbonyl (C=O) groups excluding carboxylic acids is 1. The van der Waals surface area contributed by atoms with Gasteiger partial charge in [0.1, 0.15) is 11.6 Å². The fourth-order valence-electron chi connectivity index (χ4n) is 1.80. The van der Waals surface area contributed by atoms with Gasteiger partial charge in [0.15, 0.2) is 0 Å². The minimum absolute atomic E-state index is 0.0131. The molecule has 0 aliphatic carbocycles. The molecule has 126 valence electrons. The van der Waals surface area contributed by atoms with Crippen LogP contribution in [-0.2, 0) is 0 Å². The van der Waals surface area contributed by atoms with Crippen molar-refractivity contribution in [3.05, 3.63) is 66.5 Å². The molecule has 0 aliphatic heterocycles. The van der Waals surface area contributed by atoms with Crippen LogP contribution >= 0.6 is 22.6 Å². The van der Waals surface area contributed by atoms with Crippen LogP contribution in [0.4, 0.5) is 10.1 Å². The molecule has 2 aromatic rings. The average Bonchev–Trinajstić information content (AvgIpc) is 2.57. The highest BCUT2D eigenvalue weighted by molar-refractivity contribution is 14.1. The van der Waals surface area contributed by atoms with Crippen molar-refractivity contribution in [2.75, 3.05) is 0 Å². The van der Waals surface area contributed by atoms with Gasteiger partial charge in [0.25, 0.3) is 11.6 Å². The van der Waals surface area contributed by atoms with Gasteiger partial charge < -0.3 is 5.11 Å². The van der Waals surface area contributed by atoms with Crippen LogP contribution in [0.15, 0.2) is 35.4 Å². The third kappa shape index (κ3) is 4.27. The van der Waals surface area contributed by atoms with Gasteiger partial charge in [0.2, 0.25) is 0 Å². The highest BCUT2D eigenvalue weighted by Gasteiger charge is 2.14. The molecule has 2 N–H and O–H groups in total. The number of hydrogen-bond acceptors (Lipinski definition) is 6. The molecule has 0 aromatic heterocycles. The number of benzene rings is 2. The second-order valence-corrected chi connectivity index (χ2v) is 5.79. The highest BCUT2D eigenvalue weighted by Crippen LogP contribution is 2.28. The molecule has 0 fully saturated rings.